The van der Waals surface area contributed by atoms with E-state index in [1.54, 1.807) is 0 Å². The zero-order chi connectivity index (χ0) is 12.3. The second kappa shape index (κ2) is 3.21. The van der Waals surface area contributed by atoms with E-state index < -0.39 is 5.60 Å². The van der Waals surface area contributed by atoms with Gasteiger partial charge < -0.3 is 5.11 Å². The van der Waals surface area contributed by atoms with Gasteiger partial charge in [0.05, 0.1) is 5.92 Å². The molecule has 0 saturated heterocycles. The quantitative estimate of drug-likeness (QED) is 0.766. The second-order valence-electron chi connectivity index (χ2n) is 5.44. The van der Waals surface area contributed by atoms with Crippen LogP contribution < -0.4 is 0 Å². The number of hydrogen-bond donors (Lipinski definition) is 1. The van der Waals surface area contributed by atoms with Crippen molar-refractivity contribution in [3.05, 3.63) is 47.5 Å². The number of carbonyl (C=O) groups is 1. The molecular weight excluding hydrogens is 224 g/mol. The summed E-state index contributed by atoms with van der Waals surface area (Å²) in [7, 11) is 0. The first kappa shape index (κ1) is 10.3. The minimum atomic E-state index is -0.926. The monoisotopic (exact) mass is 238 g/mol. The summed E-state index contributed by atoms with van der Waals surface area (Å²) < 4.78 is 0. The maximum absolute atomic E-state index is 12.5. The lowest BCUT2D eigenvalue weighted by Gasteiger charge is -2.35. The van der Waals surface area contributed by atoms with Crippen LogP contribution in [0.4, 0.5) is 0 Å². The molecule has 0 bridgehead atoms. The van der Waals surface area contributed by atoms with Crippen LogP contribution in [-0.4, -0.2) is 10.9 Å². The second-order valence-corrected chi connectivity index (χ2v) is 5.44. The van der Waals surface area contributed by atoms with Crippen molar-refractivity contribution in [3.63, 3.8) is 0 Å². The summed E-state index contributed by atoms with van der Waals surface area (Å²) in [5.41, 5.74) is 0.822. The molecule has 0 heterocycles. The van der Waals surface area contributed by atoms with Crippen LogP contribution in [0.5, 0.6) is 0 Å². The van der Waals surface area contributed by atoms with Gasteiger partial charge in [-0.2, -0.15) is 0 Å². The van der Waals surface area contributed by atoms with E-state index in [-0.39, 0.29) is 11.7 Å². The van der Waals surface area contributed by atoms with E-state index in [2.05, 4.69) is 0 Å². The van der Waals surface area contributed by atoms with Crippen molar-refractivity contribution in [2.75, 3.05) is 0 Å². The Bertz CT molecular complexity index is 669. The summed E-state index contributed by atoms with van der Waals surface area (Å²) in [6.45, 7) is 0. The molecule has 0 unspecified atom stereocenters. The van der Waals surface area contributed by atoms with E-state index in [9.17, 15) is 9.90 Å². The molecule has 2 nitrogen and oxygen atoms in total. The third-order valence-electron chi connectivity index (χ3n) is 4.58. The number of ketones is 1. The van der Waals surface area contributed by atoms with Gasteiger partial charge in [0.2, 0.25) is 0 Å². The minimum absolute atomic E-state index is 0.124. The molecular formula is C16H14O2. The normalized spacial score (nSPS) is 29.6. The number of aliphatic hydroxyl groups is 1. The highest BCUT2D eigenvalue weighted by Crippen LogP contribution is 2.51. The van der Waals surface area contributed by atoms with Gasteiger partial charge in [-0.1, -0.05) is 36.4 Å². The zero-order valence-corrected chi connectivity index (χ0v) is 10.0. The Hall–Kier alpha value is -1.67. The van der Waals surface area contributed by atoms with Crippen molar-refractivity contribution in [2.45, 2.75) is 24.9 Å². The first-order valence-electron chi connectivity index (χ1n) is 6.50. The molecule has 0 radical (unpaired) electrons. The fraction of sp³-hybridized carbons (Fsp3) is 0.312. The van der Waals surface area contributed by atoms with Crippen molar-refractivity contribution in [3.8, 4) is 0 Å². The third kappa shape index (κ3) is 1.05. The van der Waals surface area contributed by atoms with Crippen LogP contribution in [0, 0.1) is 5.92 Å². The molecule has 0 spiro atoms. The fourth-order valence-corrected chi connectivity index (χ4v) is 3.75. The Balaban J connectivity index is 2.18. The van der Waals surface area contributed by atoms with Crippen molar-refractivity contribution >= 4 is 16.6 Å². The van der Waals surface area contributed by atoms with Gasteiger partial charge in [-0.3, -0.25) is 4.79 Å². The number of rotatable bonds is 0. The average molecular weight is 238 g/mol. The van der Waals surface area contributed by atoms with E-state index in [0.717, 1.165) is 34.7 Å². The highest BCUT2D eigenvalue weighted by atomic mass is 16.3. The summed E-state index contributed by atoms with van der Waals surface area (Å²) in [5, 5.41) is 12.9. The van der Waals surface area contributed by atoms with Crippen LogP contribution in [-0.2, 0) is 5.60 Å². The lowest BCUT2D eigenvalue weighted by molar-refractivity contribution is 0.00232. The highest BCUT2D eigenvalue weighted by Gasteiger charge is 2.50. The summed E-state index contributed by atoms with van der Waals surface area (Å²) in [6, 6.07) is 11.8. The number of benzene rings is 2. The van der Waals surface area contributed by atoms with Gasteiger partial charge in [0.1, 0.15) is 5.60 Å². The molecule has 2 aromatic rings. The van der Waals surface area contributed by atoms with Crippen molar-refractivity contribution in [2.24, 2.45) is 5.92 Å². The van der Waals surface area contributed by atoms with Crippen LogP contribution in [0.2, 0.25) is 0 Å². The molecule has 2 aromatic carbocycles. The van der Waals surface area contributed by atoms with E-state index in [1.807, 2.05) is 36.4 Å². The van der Waals surface area contributed by atoms with Crippen LogP contribution >= 0.6 is 0 Å². The average Bonchev–Trinajstić information content (AvgIpc) is 2.79. The van der Waals surface area contributed by atoms with Crippen LogP contribution in [0.3, 0.4) is 0 Å². The van der Waals surface area contributed by atoms with Gasteiger partial charge in [0.25, 0.3) is 0 Å². The molecule has 2 aliphatic rings. The molecule has 0 aliphatic heterocycles. The Labute approximate surface area is 105 Å². The molecule has 1 saturated carbocycles. The van der Waals surface area contributed by atoms with Crippen molar-refractivity contribution in [1.29, 1.82) is 0 Å². The zero-order valence-electron chi connectivity index (χ0n) is 10.0. The van der Waals surface area contributed by atoms with Gasteiger partial charge in [-0.15, -0.1) is 0 Å². The molecule has 90 valence electrons. The predicted molar refractivity (Wildman–Crippen MR) is 69.5 cm³/mol. The van der Waals surface area contributed by atoms with E-state index in [1.165, 1.54) is 0 Å². The van der Waals surface area contributed by atoms with Crippen LogP contribution in [0.1, 0.15) is 35.2 Å². The molecule has 2 heteroatoms. The SMILES string of the molecule is O=C1c2cccc3cccc(c23)[C@@]2(O)CCC[C@@H]12. The Morgan fingerprint density at radius 3 is 2.78 bits per heavy atom. The summed E-state index contributed by atoms with van der Waals surface area (Å²) >= 11 is 0. The Kier molecular flexibility index (Phi) is 1.83. The van der Waals surface area contributed by atoms with Gasteiger partial charge in [-0.05, 0) is 35.6 Å². The third-order valence-corrected chi connectivity index (χ3v) is 4.58. The predicted octanol–water partition coefficient (Wildman–Crippen LogP) is 3.02. The largest absolute Gasteiger partial charge is 0.384 e. The molecule has 0 aromatic heterocycles. The Morgan fingerprint density at radius 1 is 1.17 bits per heavy atom. The van der Waals surface area contributed by atoms with E-state index in [0.29, 0.717) is 6.42 Å². The van der Waals surface area contributed by atoms with Crippen molar-refractivity contribution in [1.82, 2.24) is 0 Å². The standard InChI is InChI=1S/C16H14O2/c17-15-11-6-1-4-10-5-2-7-12(14(10)11)16(18)9-3-8-13(15)16/h1-2,4-7,13,18H,3,8-9H2/t13-,16-/m0/s1. The van der Waals surface area contributed by atoms with Gasteiger partial charge >= 0.3 is 0 Å². The lowest BCUT2D eigenvalue weighted by atomic mass is 9.72. The first-order valence-corrected chi connectivity index (χ1v) is 6.50. The van der Waals surface area contributed by atoms with Crippen molar-refractivity contribution < 1.29 is 9.90 Å². The van der Waals surface area contributed by atoms with Gasteiger partial charge in [0.15, 0.2) is 5.78 Å². The van der Waals surface area contributed by atoms with Gasteiger partial charge in [0, 0.05) is 5.56 Å². The molecule has 1 N–H and O–H groups in total. The maximum Gasteiger partial charge on any atom is 0.169 e. The first-order chi connectivity index (χ1) is 8.72. The lowest BCUT2D eigenvalue weighted by Crippen LogP contribution is -2.39. The molecule has 1 fully saturated rings. The molecule has 0 amide bonds. The van der Waals surface area contributed by atoms with E-state index >= 15 is 0 Å². The number of carbonyl (C=O) groups excluding carboxylic acids is 1. The van der Waals surface area contributed by atoms with Crippen LogP contribution in [0.15, 0.2) is 36.4 Å². The van der Waals surface area contributed by atoms with E-state index in [4.69, 9.17) is 0 Å². The van der Waals surface area contributed by atoms with Gasteiger partial charge in [-0.25, -0.2) is 0 Å². The molecule has 2 aliphatic carbocycles. The Morgan fingerprint density at radius 2 is 1.94 bits per heavy atom. The molecule has 4 rings (SSSR count). The highest BCUT2D eigenvalue weighted by molar-refractivity contribution is 6.13. The number of hydrogen-bond acceptors (Lipinski definition) is 2. The maximum atomic E-state index is 12.5. The fourth-order valence-electron chi connectivity index (χ4n) is 3.75. The number of Topliss-reactive ketones (excluding diaryl/α,β-unsaturated/α-hetero) is 1. The molecule has 2 atom stereocenters. The summed E-state index contributed by atoms with van der Waals surface area (Å²) in [6.07, 6.45) is 2.44. The number of fused-ring (bicyclic) bond motifs is 2. The smallest absolute Gasteiger partial charge is 0.169 e. The van der Waals surface area contributed by atoms with Crippen LogP contribution in [0.25, 0.3) is 10.8 Å². The topological polar surface area (TPSA) is 37.3 Å². The summed E-state index contributed by atoms with van der Waals surface area (Å²) in [5.74, 6) is -0.114. The summed E-state index contributed by atoms with van der Waals surface area (Å²) in [4.78, 5) is 12.5. The minimum Gasteiger partial charge on any atom is -0.384 e. The molecule has 18 heavy (non-hydrogen) atoms.